The molecule has 0 radical (unpaired) electrons. The van der Waals surface area contributed by atoms with Crippen LogP contribution in [0.2, 0.25) is 0 Å². The molecule has 2 aromatic rings. The Hall–Kier alpha value is -2.83. The largest absolute Gasteiger partial charge is 0.338 e. The Balaban J connectivity index is 1.66. The van der Waals surface area contributed by atoms with Crippen LogP contribution >= 0.6 is 0 Å². The lowest BCUT2D eigenvalue weighted by Crippen LogP contribution is -2.44. The van der Waals surface area contributed by atoms with Gasteiger partial charge in [-0.15, -0.1) is 0 Å². The highest BCUT2D eigenvalue weighted by atomic mass is 19.1. The van der Waals surface area contributed by atoms with E-state index in [4.69, 9.17) is 0 Å². The third-order valence-electron chi connectivity index (χ3n) is 4.24. The Bertz CT molecular complexity index is 779. The van der Waals surface area contributed by atoms with Gasteiger partial charge >= 0.3 is 0 Å². The smallest absolute Gasteiger partial charge is 0.256 e. The summed E-state index contributed by atoms with van der Waals surface area (Å²) in [6.07, 6.45) is 5.45. The zero-order valence-electron chi connectivity index (χ0n) is 13.9. The number of aryl methyl sites for hydroxylation is 1. The molecular formula is C18H19FN4O2. The molecule has 3 rings (SSSR count). The summed E-state index contributed by atoms with van der Waals surface area (Å²) in [6, 6.07) is 4.97. The second-order valence-corrected chi connectivity index (χ2v) is 6.16. The summed E-state index contributed by atoms with van der Waals surface area (Å²) >= 11 is 0. The van der Waals surface area contributed by atoms with Crippen LogP contribution in [0.4, 0.5) is 10.2 Å². The number of nitrogens with one attached hydrogen (secondary N) is 1. The molecule has 1 fully saturated rings. The van der Waals surface area contributed by atoms with Gasteiger partial charge in [0.15, 0.2) is 5.82 Å². The number of piperidine rings is 1. The van der Waals surface area contributed by atoms with Crippen molar-refractivity contribution in [1.29, 1.82) is 0 Å². The van der Waals surface area contributed by atoms with Crippen molar-refractivity contribution in [3.8, 4) is 0 Å². The van der Waals surface area contributed by atoms with Gasteiger partial charge in [-0.25, -0.2) is 9.37 Å². The van der Waals surface area contributed by atoms with Crippen molar-refractivity contribution in [2.24, 2.45) is 5.92 Å². The average Bonchev–Trinajstić information content (AvgIpc) is 2.63. The van der Waals surface area contributed by atoms with Crippen LogP contribution in [0.3, 0.4) is 0 Å². The van der Waals surface area contributed by atoms with Crippen molar-refractivity contribution in [2.45, 2.75) is 19.8 Å². The summed E-state index contributed by atoms with van der Waals surface area (Å²) in [4.78, 5) is 34.3. The SMILES string of the molecule is Cc1ccc(NC(=O)C2CCCN(C(=O)c3ccncc3F)C2)nc1. The van der Waals surface area contributed by atoms with Crippen LogP contribution in [0, 0.1) is 18.7 Å². The van der Waals surface area contributed by atoms with Gasteiger partial charge in [-0.05, 0) is 37.5 Å². The molecule has 130 valence electrons. The first-order chi connectivity index (χ1) is 12.0. The fourth-order valence-corrected chi connectivity index (χ4v) is 2.86. The molecule has 2 amide bonds. The second-order valence-electron chi connectivity index (χ2n) is 6.16. The Morgan fingerprint density at radius 2 is 2.12 bits per heavy atom. The highest BCUT2D eigenvalue weighted by Crippen LogP contribution is 2.21. The fourth-order valence-electron chi connectivity index (χ4n) is 2.86. The number of nitrogens with zero attached hydrogens (tertiary/aromatic N) is 3. The van der Waals surface area contributed by atoms with Crippen molar-refractivity contribution in [3.05, 3.63) is 53.7 Å². The summed E-state index contributed by atoms with van der Waals surface area (Å²) in [5.41, 5.74) is 0.989. The molecule has 1 aliphatic rings. The number of aromatic nitrogens is 2. The van der Waals surface area contributed by atoms with Gasteiger partial charge in [-0.2, -0.15) is 0 Å². The molecule has 7 heteroatoms. The Labute approximate surface area is 145 Å². The van der Waals surface area contributed by atoms with E-state index in [2.05, 4.69) is 15.3 Å². The van der Waals surface area contributed by atoms with Gasteiger partial charge in [0.2, 0.25) is 5.91 Å². The summed E-state index contributed by atoms with van der Waals surface area (Å²) in [6.45, 7) is 2.69. The van der Waals surface area contributed by atoms with Gasteiger partial charge in [0.25, 0.3) is 5.91 Å². The van der Waals surface area contributed by atoms with E-state index in [-0.39, 0.29) is 23.9 Å². The molecule has 3 heterocycles. The number of carbonyl (C=O) groups excluding carboxylic acids is 2. The minimum atomic E-state index is -0.650. The molecular weight excluding hydrogens is 323 g/mol. The molecule has 25 heavy (non-hydrogen) atoms. The Kier molecular flexibility index (Phi) is 5.02. The number of halogens is 1. The number of hydrogen-bond donors (Lipinski definition) is 1. The first kappa shape index (κ1) is 17.0. The van der Waals surface area contributed by atoms with Crippen molar-refractivity contribution >= 4 is 17.6 Å². The number of pyridine rings is 2. The van der Waals surface area contributed by atoms with E-state index in [9.17, 15) is 14.0 Å². The van der Waals surface area contributed by atoms with E-state index in [0.717, 1.165) is 11.8 Å². The topological polar surface area (TPSA) is 75.2 Å². The maximum Gasteiger partial charge on any atom is 0.256 e. The zero-order chi connectivity index (χ0) is 17.8. The molecule has 0 bridgehead atoms. The summed E-state index contributed by atoms with van der Waals surface area (Å²) in [5, 5.41) is 2.78. The predicted molar refractivity (Wildman–Crippen MR) is 90.4 cm³/mol. The van der Waals surface area contributed by atoms with Crippen molar-refractivity contribution in [2.75, 3.05) is 18.4 Å². The first-order valence-electron chi connectivity index (χ1n) is 8.17. The molecule has 1 N–H and O–H groups in total. The average molecular weight is 342 g/mol. The minimum Gasteiger partial charge on any atom is -0.338 e. The molecule has 0 saturated carbocycles. The van der Waals surface area contributed by atoms with Crippen LogP contribution in [0.5, 0.6) is 0 Å². The number of hydrogen-bond acceptors (Lipinski definition) is 4. The summed E-state index contributed by atoms with van der Waals surface area (Å²) in [5.74, 6) is -1.09. The lowest BCUT2D eigenvalue weighted by Gasteiger charge is -2.32. The molecule has 1 unspecified atom stereocenters. The number of rotatable bonds is 3. The second kappa shape index (κ2) is 7.38. The Morgan fingerprint density at radius 3 is 2.84 bits per heavy atom. The van der Waals surface area contributed by atoms with Crippen LogP contribution in [0.1, 0.15) is 28.8 Å². The van der Waals surface area contributed by atoms with E-state index >= 15 is 0 Å². The zero-order valence-corrected chi connectivity index (χ0v) is 13.9. The quantitative estimate of drug-likeness (QED) is 0.929. The lowest BCUT2D eigenvalue weighted by molar-refractivity contribution is -0.121. The van der Waals surface area contributed by atoms with Gasteiger partial charge in [-0.1, -0.05) is 6.07 Å². The van der Waals surface area contributed by atoms with E-state index in [1.807, 2.05) is 13.0 Å². The van der Waals surface area contributed by atoms with E-state index < -0.39 is 11.7 Å². The third-order valence-corrected chi connectivity index (χ3v) is 4.24. The normalized spacial score (nSPS) is 17.2. The van der Waals surface area contributed by atoms with Gasteiger partial charge < -0.3 is 10.2 Å². The lowest BCUT2D eigenvalue weighted by atomic mass is 9.96. The number of carbonyl (C=O) groups is 2. The number of likely N-dealkylation sites (tertiary alicyclic amines) is 1. The standard InChI is InChI=1S/C18H19FN4O2/c1-12-4-5-16(21-9-12)22-17(24)13-3-2-8-23(11-13)18(25)14-6-7-20-10-15(14)19/h4-7,9-10,13H,2-3,8,11H2,1H3,(H,21,22,24). The van der Waals surface area contributed by atoms with Gasteiger partial charge in [0.1, 0.15) is 5.82 Å². The van der Waals surface area contributed by atoms with Crippen LogP contribution in [0.25, 0.3) is 0 Å². The van der Waals surface area contributed by atoms with Gasteiger partial charge in [0.05, 0.1) is 17.7 Å². The maximum atomic E-state index is 13.8. The van der Waals surface area contributed by atoms with Crippen LogP contribution < -0.4 is 5.32 Å². The summed E-state index contributed by atoms with van der Waals surface area (Å²) in [7, 11) is 0. The van der Waals surface area contributed by atoms with E-state index in [1.54, 1.807) is 12.3 Å². The van der Waals surface area contributed by atoms with Gasteiger partial charge in [-0.3, -0.25) is 14.6 Å². The van der Waals surface area contributed by atoms with Crippen LogP contribution in [-0.2, 0) is 4.79 Å². The van der Waals surface area contributed by atoms with E-state index in [1.165, 1.54) is 17.2 Å². The molecule has 0 spiro atoms. The van der Waals surface area contributed by atoms with Gasteiger partial charge in [0, 0.05) is 25.5 Å². The number of amides is 2. The summed E-state index contributed by atoms with van der Waals surface area (Å²) < 4.78 is 13.8. The molecule has 2 aromatic heterocycles. The van der Waals surface area contributed by atoms with Crippen molar-refractivity contribution < 1.29 is 14.0 Å². The molecule has 1 aliphatic heterocycles. The fraction of sp³-hybridized carbons (Fsp3) is 0.333. The third kappa shape index (κ3) is 3.99. The highest BCUT2D eigenvalue weighted by molar-refractivity contribution is 5.96. The van der Waals surface area contributed by atoms with E-state index in [0.29, 0.717) is 25.2 Å². The maximum absolute atomic E-state index is 13.8. The predicted octanol–water partition coefficient (Wildman–Crippen LogP) is 2.42. The molecule has 6 nitrogen and oxygen atoms in total. The monoisotopic (exact) mass is 342 g/mol. The Morgan fingerprint density at radius 1 is 1.28 bits per heavy atom. The molecule has 1 atom stereocenters. The molecule has 0 aliphatic carbocycles. The molecule has 1 saturated heterocycles. The van der Waals surface area contributed by atoms with Crippen LogP contribution in [-0.4, -0.2) is 39.8 Å². The highest BCUT2D eigenvalue weighted by Gasteiger charge is 2.30. The van der Waals surface area contributed by atoms with Crippen molar-refractivity contribution in [3.63, 3.8) is 0 Å². The van der Waals surface area contributed by atoms with Crippen molar-refractivity contribution in [1.82, 2.24) is 14.9 Å². The minimum absolute atomic E-state index is 0.0174. The number of anilines is 1. The van der Waals surface area contributed by atoms with Crippen LogP contribution in [0.15, 0.2) is 36.8 Å². The first-order valence-corrected chi connectivity index (χ1v) is 8.17. The molecule has 0 aromatic carbocycles.